The van der Waals surface area contributed by atoms with Crippen molar-refractivity contribution in [1.82, 2.24) is 24.8 Å². The summed E-state index contributed by atoms with van der Waals surface area (Å²) < 4.78 is 25.8. The number of fused-ring (bicyclic) bond motifs is 1. The van der Waals surface area contributed by atoms with E-state index in [9.17, 15) is 18.0 Å². The summed E-state index contributed by atoms with van der Waals surface area (Å²) in [4.78, 5) is 35.6. The van der Waals surface area contributed by atoms with Crippen LogP contribution in [0, 0.1) is 0 Å². The molecule has 3 aliphatic heterocycles. The molecule has 1 aromatic rings. The van der Waals surface area contributed by atoms with Gasteiger partial charge in [-0.25, -0.2) is 18.1 Å². The van der Waals surface area contributed by atoms with Crippen molar-refractivity contribution < 1.29 is 18.0 Å². The van der Waals surface area contributed by atoms with E-state index in [0.29, 0.717) is 45.4 Å². The Morgan fingerprint density at radius 1 is 1.26 bits per heavy atom. The Balaban J connectivity index is 1.28. The van der Waals surface area contributed by atoms with E-state index in [4.69, 9.17) is 0 Å². The summed E-state index contributed by atoms with van der Waals surface area (Å²) in [6, 6.07) is 5.25. The molecule has 4 heterocycles. The maximum Gasteiger partial charge on any atom is 0.237 e. The summed E-state index contributed by atoms with van der Waals surface area (Å²) >= 11 is 0. The highest BCUT2D eigenvalue weighted by Gasteiger charge is 2.44. The number of aromatic nitrogens is 1. The molecule has 4 rings (SSSR count). The first-order valence-electron chi connectivity index (χ1n) is 10.7. The van der Waals surface area contributed by atoms with Crippen LogP contribution in [0.25, 0.3) is 0 Å². The fraction of sp³-hybridized carbons (Fsp3) is 0.650. The van der Waals surface area contributed by atoms with Crippen LogP contribution in [0.15, 0.2) is 24.4 Å². The van der Waals surface area contributed by atoms with E-state index in [1.807, 2.05) is 23.1 Å². The lowest BCUT2D eigenvalue weighted by molar-refractivity contribution is -0.132. The minimum absolute atomic E-state index is 0.0350. The molecule has 3 aliphatic rings. The number of hydrogen-bond acceptors (Lipinski definition) is 7. The number of amides is 2. The number of piperazine rings is 2. The van der Waals surface area contributed by atoms with Gasteiger partial charge in [0.2, 0.25) is 21.8 Å². The Labute approximate surface area is 183 Å². The maximum absolute atomic E-state index is 12.8. The number of carbonyl (C=O) groups is 2. The first-order valence-corrected chi connectivity index (χ1v) is 12.6. The standard InChI is InChI=1S/C20H30N6O4S/c1-31(29,30)23-15-12-17-20(28)22-13-16(26(17)14-15)5-6-19(27)25-10-8-24(9-11-25)18-4-2-3-7-21-18/h2-4,7,15-17,23H,5-6,8-14H2,1H3,(H,22,28)/t15-,16+,17-/m0/s1. The zero-order chi connectivity index (χ0) is 22.0. The molecule has 2 amide bonds. The average molecular weight is 451 g/mol. The van der Waals surface area contributed by atoms with Gasteiger partial charge in [0.15, 0.2) is 0 Å². The second-order valence-corrected chi connectivity index (χ2v) is 10.3. The molecule has 0 saturated carbocycles. The molecule has 2 N–H and O–H groups in total. The molecule has 0 aromatic carbocycles. The van der Waals surface area contributed by atoms with E-state index in [0.717, 1.165) is 25.2 Å². The second kappa shape index (κ2) is 9.09. The highest BCUT2D eigenvalue weighted by molar-refractivity contribution is 7.88. The molecular weight excluding hydrogens is 420 g/mol. The van der Waals surface area contributed by atoms with Gasteiger partial charge in [0, 0.05) is 64.0 Å². The normalized spacial score (nSPS) is 27.1. The van der Waals surface area contributed by atoms with Crippen LogP contribution in [0.1, 0.15) is 19.3 Å². The second-order valence-electron chi connectivity index (χ2n) is 8.53. The summed E-state index contributed by atoms with van der Waals surface area (Å²) in [5, 5.41) is 2.92. The van der Waals surface area contributed by atoms with Gasteiger partial charge in [-0.05, 0) is 25.0 Å². The summed E-state index contributed by atoms with van der Waals surface area (Å²) in [5.41, 5.74) is 0. The Kier molecular flexibility index (Phi) is 6.44. The van der Waals surface area contributed by atoms with Gasteiger partial charge in [0.25, 0.3) is 0 Å². The van der Waals surface area contributed by atoms with E-state index in [-0.39, 0.29) is 29.9 Å². The van der Waals surface area contributed by atoms with Crippen LogP contribution in [0.5, 0.6) is 0 Å². The topological polar surface area (TPSA) is 115 Å². The third-order valence-electron chi connectivity index (χ3n) is 6.30. The SMILES string of the molecule is CS(=O)(=O)N[C@H]1C[C@H]2C(=O)NC[C@@H](CCC(=O)N3CCN(c4ccccn4)CC3)N2C1. The molecule has 0 unspecified atom stereocenters. The number of sulfonamides is 1. The van der Waals surface area contributed by atoms with Gasteiger partial charge >= 0.3 is 0 Å². The van der Waals surface area contributed by atoms with Crippen LogP contribution in [-0.2, 0) is 19.6 Å². The molecule has 3 atom stereocenters. The molecule has 1 aromatic heterocycles. The van der Waals surface area contributed by atoms with Gasteiger partial charge in [-0.15, -0.1) is 0 Å². The molecule has 0 bridgehead atoms. The lowest BCUT2D eigenvalue weighted by Crippen LogP contribution is -2.58. The molecule has 0 radical (unpaired) electrons. The summed E-state index contributed by atoms with van der Waals surface area (Å²) in [6.45, 7) is 3.84. The zero-order valence-electron chi connectivity index (χ0n) is 17.7. The number of rotatable bonds is 6. The fourth-order valence-corrected chi connectivity index (χ4v) is 5.58. The fourth-order valence-electron chi connectivity index (χ4n) is 4.81. The summed E-state index contributed by atoms with van der Waals surface area (Å²) in [7, 11) is -3.33. The van der Waals surface area contributed by atoms with Crippen molar-refractivity contribution in [3.05, 3.63) is 24.4 Å². The Hall–Kier alpha value is -2.24. The van der Waals surface area contributed by atoms with Gasteiger partial charge in [0.05, 0.1) is 12.3 Å². The molecule has 11 heteroatoms. The van der Waals surface area contributed by atoms with Crippen molar-refractivity contribution in [2.24, 2.45) is 0 Å². The van der Waals surface area contributed by atoms with Gasteiger partial charge in [-0.2, -0.15) is 0 Å². The largest absolute Gasteiger partial charge is 0.353 e. The zero-order valence-corrected chi connectivity index (χ0v) is 18.6. The number of pyridine rings is 1. The van der Waals surface area contributed by atoms with Gasteiger partial charge in [-0.1, -0.05) is 6.07 Å². The lowest BCUT2D eigenvalue weighted by Gasteiger charge is -2.38. The number of hydrogen-bond donors (Lipinski definition) is 2. The minimum Gasteiger partial charge on any atom is -0.353 e. The molecule has 3 fully saturated rings. The van der Waals surface area contributed by atoms with Gasteiger partial charge < -0.3 is 15.1 Å². The highest BCUT2D eigenvalue weighted by Crippen LogP contribution is 2.26. The molecule has 0 aliphatic carbocycles. The van der Waals surface area contributed by atoms with Crippen molar-refractivity contribution in [2.45, 2.75) is 37.4 Å². The van der Waals surface area contributed by atoms with E-state index in [2.05, 4.69) is 24.8 Å². The number of nitrogens with one attached hydrogen (secondary N) is 2. The molecule has 170 valence electrons. The average Bonchev–Trinajstić information content (AvgIpc) is 3.17. The van der Waals surface area contributed by atoms with Crippen LogP contribution in [-0.4, -0.2) is 98.7 Å². The van der Waals surface area contributed by atoms with Crippen molar-refractivity contribution in [3.63, 3.8) is 0 Å². The van der Waals surface area contributed by atoms with Crippen molar-refractivity contribution in [1.29, 1.82) is 0 Å². The van der Waals surface area contributed by atoms with Crippen LogP contribution >= 0.6 is 0 Å². The maximum atomic E-state index is 12.8. The van der Waals surface area contributed by atoms with Crippen molar-refractivity contribution in [2.75, 3.05) is 50.4 Å². The highest BCUT2D eigenvalue weighted by atomic mass is 32.2. The Bertz CT molecular complexity index is 904. The third-order valence-corrected chi connectivity index (χ3v) is 7.06. The first-order chi connectivity index (χ1) is 14.8. The van der Waals surface area contributed by atoms with E-state index in [1.165, 1.54) is 0 Å². The molecule has 0 spiro atoms. The monoisotopic (exact) mass is 450 g/mol. The summed E-state index contributed by atoms with van der Waals surface area (Å²) in [6.07, 6.45) is 4.42. The van der Waals surface area contributed by atoms with Crippen molar-refractivity contribution >= 4 is 27.7 Å². The molecular formula is C20H30N6O4S. The van der Waals surface area contributed by atoms with Crippen LogP contribution in [0.2, 0.25) is 0 Å². The minimum atomic E-state index is -3.33. The molecule has 31 heavy (non-hydrogen) atoms. The lowest BCUT2D eigenvalue weighted by atomic mass is 10.0. The predicted molar refractivity (Wildman–Crippen MR) is 116 cm³/mol. The van der Waals surface area contributed by atoms with Crippen LogP contribution in [0.4, 0.5) is 5.82 Å². The number of anilines is 1. The van der Waals surface area contributed by atoms with Crippen molar-refractivity contribution in [3.8, 4) is 0 Å². The molecule has 3 saturated heterocycles. The smallest absolute Gasteiger partial charge is 0.237 e. The van der Waals surface area contributed by atoms with Gasteiger partial charge in [0.1, 0.15) is 5.82 Å². The van der Waals surface area contributed by atoms with E-state index < -0.39 is 10.0 Å². The summed E-state index contributed by atoms with van der Waals surface area (Å²) in [5.74, 6) is 0.995. The number of carbonyl (C=O) groups excluding carboxylic acids is 2. The Morgan fingerprint density at radius 2 is 2.03 bits per heavy atom. The van der Waals surface area contributed by atoms with Crippen LogP contribution in [0.3, 0.4) is 0 Å². The third kappa shape index (κ3) is 5.34. The predicted octanol–water partition coefficient (Wildman–Crippen LogP) is -0.999. The Morgan fingerprint density at radius 3 is 2.71 bits per heavy atom. The molecule has 10 nitrogen and oxygen atoms in total. The number of nitrogens with zero attached hydrogens (tertiary/aromatic N) is 4. The van der Waals surface area contributed by atoms with E-state index >= 15 is 0 Å². The van der Waals surface area contributed by atoms with E-state index in [1.54, 1.807) is 6.20 Å². The quantitative estimate of drug-likeness (QED) is 0.571. The first kappa shape index (κ1) is 22.0. The van der Waals surface area contributed by atoms with Gasteiger partial charge in [-0.3, -0.25) is 14.5 Å². The van der Waals surface area contributed by atoms with Crippen LogP contribution < -0.4 is 14.9 Å².